The van der Waals surface area contributed by atoms with Gasteiger partial charge in [-0.2, -0.15) is 0 Å². The summed E-state index contributed by atoms with van der Waals surface area (Å²) in [4.78, 5) is 0. The molecule has 10 heavy (non-hydrogen) atoms. The van der Waals surface area contributed by atoms with Gasteiger partial charge in [-0.1, -0.05) is 0 Å². The summed E-state index contributed by atoms with van der Waals surface area (Å²) in [5.41, 5.74) is 0. The van der Waals surface area contributed by atoms with Gasteiger partial charge in [0.25, 0.3) is 0 Å². The van der Waals surface area contributed by atoms with Crippen LogP contribution in [0.2, 0.25) is 0 Å². The van der Waals surface area contributed by atoms with E-state index in [4.69, 9.17) is 19.7 Å². The van der Waals surface area contributed by atoms with Crippen molar-refractivity contribution in [3.63, 3.8) is 0 Å². The summed E-state index contributed by atoms with van der Waals surface area (Å²) < 4.78 is 9.64. The number of ether oxygens (including phenoxy) is 2. The van der Waals surface area contributed by atoms with Gasteiger partial charge in [-0.3, -0.25) is 0 Å². The first-order chi connectivity index (χ1) is 4.74. The van der Waals surface area contributed by atoms with Crippen molar-refractivity contribution in [2.75, 3.05) is 13.7 Å². The molecule has 1 fully saturated rings. The van der Waals surface area contributed by atoms with Crippen molar-refractivity contribution in [2.45, 2.75) is 24.9 Å². The molecule has 4 heteroatoms. The second kappa shape index (κ2) is 3.30. The van der Waals surface area contributed by atoms with Crippen molar-refractivity contribution in [1.29, 1.82) is 0 Å². The van der Waals surface area contributed by atoms with Gasteiger partial charge in [0.15, 0.2) is 6.29 Å². The molecule has 0 aromatic carbocycles. The third kappa shape index (κ3) is 1.67. The Morgan fingerprint density at radius 3 is 2.70 bits per heavy atom. The molecule has 0 bridgehead atoms. The van der Waals surface area contributed by atoms with Crippen LogP contribution in [0.1, 0.15) is 6.42 Å². The van der Waals surface area contributed by atoms with Crippen LogP contribution in [0.5, 0.6) is 0 Å². The third-order valence-corrected chi connectivity index (χ3v) is 1.54. The van der Waals surface area contributed by atoms with Crippen LogP contribution >= 0.6 is 0 Å². The van der Waals surface area contributed by atoms with Crippen molar-refractivity contribution in [3.05, 3.63) is 0 Å². The van der Waals surface area contributed by atoms with Gasteiger partial charge in [0.05, 0.1) is 12.7 Å². The molecule has 0 amide bonds. The summed E-state index contributed by atoms with van der Waals surface area (Å²) in [6.45, 7) is 0.332. The fourth-order valence-electron chi connectivity index (χ4n) is 1.02. The summed E-state index contributed by atoms with van der Waals surface area (Å²) in [7, 11) is 1.53. The highest BCUT2D eigenvalue weighted by Gasteiger charge is 2.32. The first kappa shape index (κ1) is 7.94. The molecule has 3 atom stereocenters. The van der Waals surface area contributed by atoms with E-state index < -0.39 is 12.4 Å². The molecule has 1 heterocycles. The first-order valence-corrected chi connectivity index (χ1v) is 3.24. The van der Waals surface area contributed by atoms with Gasteiger partial charge in [0.1, 0.15) is 6.10 Å². The Morgan fingerprint density at radius 2 is 2.30 bits per heavy atom. The van der Waals surface area contributed by atoms with Gasteiger partial charge in [-0.15, -0.1) is 0 Å². The minimum Gasteiger partial charge on any atom is -0.390 e. The van der Waals surface area contributed by atoms with Gasteiger partial charge in [-0.05, 0) is 0 Å². The van der Waals surface area contributed by atoms with Crippen LogP contribution in [0, 0.1) is 0 Å². The monoisotopic (exact) mass is 148 g/mol. The van der Waals surface area contributed by atoms with E-state index >= 15 is 0 Å². The largest absolute Gasteiger partial charge is 0.390 e. The normalized spacial score (nSPS) is 40.5. The Balaban J connectivity index is 2.31. The summed E-state index contributed by atoms with van der Waals surface area (Å²) in [6.07, 6.45) is -1.49. The lowest BCUT2D eigenvalue weighted by Crippen LogP contribution is -2.25. The van der Waals surface area contributed by atoms with Crippen molar-refractivity contribution in [3.8, 4) is 0 Å². The van der Waals surface area contributed by atoms with E-state index in [9.17, 15) is 0 Å². The predicted molar refractivity (Wildman–Crippen MR) is 33.4 cm³/mol. The molecular weight excluding hydrogens is 136 g/mol. The molecule has 1 saturated heterocycles. The SMILES string of the molecule is COC[C@H]1OC(O)C[C@@H]1O. The Bertz CT molecular complexity index is 106. The van der Waals surface area contributed by atoms with E-state index in [0.717, 1.165) is 0 Å². The minimum absolute atomic E-state index is 0.286. The second-order valence-electron chi connectivity index (χ2n) is 2.39. The zero-order valence-electron chi connectivity index (χ0n) is 5.86. The highest BCUT2D eigenvalue weighted by atomic mass is 16.6. The average molecular weight is 148 g/mol. The van der Waals surface area contributed by atoms with E-state index in [0.29, 0.717) is 6.61 Å². The van der Waals surface area contributed by atoms with E-state index in [1.165, 1.54) is 7.11 Å². The molecule has 0 saturated carbocycles. The van der Waals surface area contributed by atoms with Gasteiger partial charge in [0, 0.05) is 13.5 Å². The van der Waals surface area contributed by atoms with Crippen molar-refractivity contribution in [1.82, 2.24) is 0 Å². The highest BCUT2D eigenvalue weighted by Crippen LogP contribution is 2.18. The Morgan fingerprint density at radius 1 is 1.60 bits per heavy atom. The van der Waals surface area contributed by atoms with E-state index in [1.807, 2.05) is 0 Å². The average Bonchev–Trinajstić information content (AvgIpc) is 2.13. The van der Waals surface area contributed by atoms with Crippen LogP contribution < -0.4 is 0 Å². The summed E-state index contributed by atoms with van der Waals surface area (Å²) in [5, 5.41) is 18.0. The fourth-order valence-corrected chi connectivity index (χ4v) is 1.02. The van der Waals surface area contributed by atoms with Gasteiger partial charge < -0.3 is 19.7 Å². The zero-order chi connectivity index (χ0) is 7.56. The predicted octanol–water partition coefficient (Wildman–Crippen LogP) is -0.899. The maximum absolute atomic E-state index is 9.13. The Labute approximate surface area is 59.4 Å². The van der Waals surface area contributed by atoms with E-state index in [1.54, 1.807) is 0 Å². The van der Waals surface area contributed by atoms with Crippen LogP contribution in [0.25, 0.3) is 0 Å². The van der Waals surface area contributed by atoms with Crippen molar-refractivity contribution < 1.29 is 19.7 Å². The third-order valence-electron chi connectivity index (χ3n) is 1.54. The number of aliphatic hydroxyl groups is 2. The lowest BCUT2D eigenvalue weighted by atomic mass is 10.2. The molecule has 0 aromatic rings. The van der Waals surface area contributed by atoms with Crippen molar-refractivity contribution >= 4 is 0 Å². The molecule has 1 rings (SSSR count). The van der Waals surface area contributed by atoms with Gasteiger partial charge >= 0.3 is 0 Å². The van der Waals surface area contributed by atoms with E-state index in [2.05, 4.69) is 0 Å². The molecule has 4 nitrogen and oxygen atoms in total. The number of aliphatic hydroxyl groups excluding tert-OH is 2. The minimum atomic E-state index is -0.824. The molecule has 0 aliphatic carbocycles. The van der Waals surface area contributed by atoms with E-state index in [-0.39, 0.29) is 12.5 Å². The highest BCUT2D eigenvalue weighted by molar-refractivity contribution is 4.76. The summed E-state index contributed by atoms with van der Waals surface area (Å²) >= 11 is 0. The summed E-state index contributed by atoms with van der Waals surface area (Å²) in [5.74, 6) is 0. The van der Waals surface area contributed by atoms with Gasteiger partial charge in [0.2, 0.25) is 0 Å². The Hall–Kier alpha value is -0.160. The maximum Gasteiger partial charge on any atom is 0.157 e. The number of hydrogen-bond donors (Lipinski definition) is 2. The lowest BCUT2D eigenvalue weighted by Gasteiger charge is -2.11. The second-order valence-corrected chi connectivity index (χ2v) is 2.39. The number of rotatable bonds is 2. The van der Waals surface area contributed by atoms with Crippen molar-refractivity contribution in [2.24, 2.45) is 0 Å². The molecule has 1 aliphatic rings. The molecule has 60 valence electrons. The van der Waals surface area contributed by atoms with Crippen LogP contribution in [-0.4, -0.2) is 42.4 Å². The summed E-state index contributed by atoms with van der Waals surface area (Å²) in [6, 6.07) is 0. The zero-order valence-corrected chi connectivity index (χ0v) is 5.86. The fraction of sp³-hybridized carbons (Fsp3) is 1.00. The molecular formula is C6H12O4. The molecule has 0 radical (unpaired) electrons. The molecule has 1 unspecified atom stereocenters. The quantitative estimate of drug-likeness (QED) is 0.533. The van der Waals surface area contributed by atoms with Crippen LogP contribution in [0.4, 0.5) is 0 Å². The smallest absolute Gasteiger partial charge is 0.157 e. The number of methoxy groups -OCH3 is 1. The van der Waals surface area contributed by atoms with Crippen LogP contribution in [0.15, 0.2) is 0 Å². The molecule has 0 aromatic heterocycles. The lowest BCUT2D eigenvalue weighted by molar-refractivity contribution is -0.111. The van der Waals surface area contributed by atoms with Crippen LogP contribution in [0.3, 0.4) is 0 Å². The molecule has 1 aliphatic heterocycles. The molecule has 2 N–H and O–H groups in total. The molecule has 0 spiro atoms. The Kier molecular flexibility index (Phi) is 2.62. The van der Waals surface area contributed by atoms with Crippen LogP contribution in [-0.2, 0) is 9.47 Å². The topological polar surface area (TPSA) is 58.9 Å². The standard InChI is InChI=1S/C6H12O4/c1-9-3-5-4(7)2-6(8)10-5/h4-8H,2-3H2,1H3/t4-,5+,6?/m0/s1. The number of hydrogen-bond acceptors (Lipinski definition) is 4. The van der Waals surface area contributed by atoms with Gasteiger partial charge in [-0.25, -0.2) is 0 Å². The maximum atomic E-state index is 9.13. The first-order valence-electron chi connectivity index (χ1n) is 3.24.